The Hall–Kier alpha value is -1.01. The predicted molar refractivity (Wildman–Crippen MR) is 79.7 cm³/mol. The van der Waals surface area contributed by atoms with Gasteiger partial charge in [0.05, 0.1) is 0 Å². The number of likely N-dealkylation sites (tertiary alicyclic amines) is 1. The minimum atomic E-state index is 0.127. The molecular weight excluding hydrogens is 274 g/mol. The third-order valence-electron chi connectivity index (χ3n) is 3.62. The first-order valence-electron chi connectivity index (χ1n) is 7.16. The van der Waals surface area contributed by atoms with Crippen molar-refractivity contribution in [1.29, 1.82) is 0 Å². The second kappa shape index (κ2) is 7.69. The van der Waals surface area contributed by atoms with Crippen LogP contribution in [0.5, 0.6) is 0 Å². The number of imidazole rings is 1. The molecule has 0 saturated carbocycles. The van der Waals surface area contributed by atoms with Gasteiger partial charge >= 0.3 is 0 Å². The van der Waals surface area contributed by atoms with Crippen LogP contribution >= 0.6 is 11.8 Å². The number of thioether (sulfide) groups is 1. The molecule has 1 aromatic rings. The van der Waals surface area contributed by atoms with Gasteiger partial charge in [-0.05, 0) is 25.7 Å². The molecule has 2 rings (SSSR count). The van der Waals surface area contributed by atoms with Gasteiger partial charge in [-0.25, -0.2) is 4.98 Å². The Balaban J connectivity index is 1.69. The topological polar surface area (TPSA) is 47.4 Å². The Bertz CT molecular complexity index is 428. The second-order valence-corrected chi connectivity index (χ2v) is 6.08. The number of hydrogen-bond acceptors (Lipinski definition) is 4. The van der Waals surface area contributed by atoms with E-state index in [0.717, 1.165) is 36.8 Å². The van der Waals surface area contributed by atoms with E-state index in [1.165, 1.54) is 0 Å². The summed E-state index contributed by atoms with van der Waals surface area (Å²) in [5.74, 6) is 1.88. The Morgan fingerprint density at radius 3 is 2.85 bits per heavy atom. The fourth-order valence-electron chi connectivity index (χ4n) is 2.31. The number of nitrogens with zero attached hydrogens (tertiary/aromatic N) is 3. The first kappa shape index (κ1) is 15.4. The van der Waals surface area contributed by atoms with Gasteiger partial charge in [-0.3, -0.25) is 4.79 Å². The van der Waals surface area contributed by atoms with Gasteiger partial charge in [0.2, 0.25) is 5.91 Å². The number of aromatic nitrogens is 2. The highest BCUT2D eigenvalue weighted by molar-refractivity contribution is 7.99. The van der Waals surface area contributed by atoms with E-state index in [2.05, 4.69) is 4.98 Å². The molecule has 112 valence electrons. The quantitative estimate of drug-likeness (QED) is 0.751. The normalized spacial score (nSPS) is 16.6. The summed E-state index contributed by atoms with van der Waals surface area (Å²) in [5.41, 5.74) is 0. The van der Waals surface area contributed by atoms with Gasteiger partial charge in [0.25, 0.3) is 0 Å². The first-order valence-corrected chi connectivity index (χ1v) is 8.15. The van der Waals surface area contributed by atoms with Crippen LogP contribution in [0.4, 0.5) is 0 Å². The Morgan fingerprint density at radius 1 is 1.50 bits per heavy atom. The van der Waals surface area contributed by atoms with E-state index in [0.29, 0.717) is 12.5 Å². The lowest BCUT2D eigenvalue weighted by Crippen LogP contribution is -2.40. The number of ether oxygens (including phenoxy) is 1. The maximum atomic E-state index is 11.8. The van der Waals surface area contributed by atoms with Crippen molar-refractivity contribution in [3.05, 3.63) is 12.4 Å². The highest BCUT2D eigenvalue weighted by atomic mass is 32.2. The lowest BCUT2D eigenvalue weighted by atomic mass is 9.99. The minimum absolute atomic E-state index is 0.127. The lowest BCUT2D eigenvalue weighted by Gasteiger charge is -2.31. The molecule has 6 heteroatoms. The summed E-state index contributed by atoms with van der Waals surface area (Å²) < 4.78 is 7.23. The van der Waals surface area contributed by atoms with Crippen LogP contribution in [0.15, 0.2) is 17.6 Å². The van der Waals surface area contributed by atoms with Gasteiger partial charge in [0.1, 0.15) is 6.61 Å². The molecule has 0 unspecified atom stereocenters. The molecule has 1 fully saturated rings. The van der Waals surface area contributed by atoms with Gasteiger partial charge in [0, 0.05) is 44.9 Å². The smallest absolute Gasteiger partial charge is 0.248 e. The van der Waals surface area contributed by atoms with Crippen molar-refractivity contribution in [2.45, 2.75) is 24.9 Å². The molecule has 0 atom stereocenters. The summed E-state index contributed by atoms with van der Waals surface area (Å²) in [6, 6.07) is 0. The second-order valence-electron chi connectivity index (χ2n) is 5.09. The standard InChI is InChI=1S/C14H23N3O2S/c1-3-19-10-13(18)17-7-4-12(5-8-17)11-20-14-15-6-9-16(14)2/h6,9,12H,3-5,7-8,10-11H2,1-2H3. The van der Waals surface area contributed by atoms with E-state index < -0.39 is 0 Å². The fraction of sp³-hybridized carbons (Fsp3) is 0.714. The zero-order chi connectivity index (χ0) is 14.4. The summed E-state index contributed by atoms with van der Waals surface area (Å²) in [5, 5.41) is 1.07. The molecule has 0 spiro atoms. The number of rotatable bonds is 6. The van der Waals surface area contributed by atoms with E-state index in [9.17, 15) is 4.79 Å². The molecule has 5 nitrogen and oxygen atoms in total. The molecule has 0 N–H and O–H groups in total. The third kappa shape index (κ3) is 4.24. The van der Waals surface area contributed by atoms with Gasteiger partial charge in [-0.1, -0.05) is 11.8 Å². The molecule has 2 heterocycles. The summed E-state index contributed by atoms with van der Waals surface area (Å²) in [4.78, 5) is 18.1. The van der Waals surface area contributed by atoms with Crippen molar-refractivity contribution in [3.63, 3.8) is 0 Å². The zero-order valence-electron chi connectivity index (χ0n) is 12.2. The Morgan fingerprint density at radius 2 is 2.25 bits per heavy atom. The summed E-state index contributed by atoms with van der Waals surface area (Å²) in [6.07, 6.45) is 5.96. The average Bonchev–Trinajstić information content (AvgIpc) is 2.88. The van der Waals surface area contributed by atoms with Crippen molar-refractivity contribution in [1.82, 2.24) is 14.5 Å². The minimum Gasteiger partial charge on any atom is -0.372 e. The van der Waals surface area contributed by atoms with Crippen molar-refractivity contribution in [2.75, 3.05) is 32.1 Å². The van der Waals surface area contributed by atoms with Crippen molar-refractivity contribution in [2.24, 2.45) is 13.0 Å². The van der Waals surface area contributed by atoms with Crippen molar-refractivity contribution >= 4 is 17.7 Å². The molecule has 1 aromatic heterocycles. The molecular formula is C14H23N3O2S. The van der Waals surface area contributed by atoms with E-state index in [1.807, 2.05) is 47.6 Å². The summed E-state index contributed by atoms with van der Waals surface area (Å²) >= 11 is 1.81. The highest BCUT2D eigenvalue weighted by Crippen LogP contribution is 2.25. The number of carbonyl (C=O) groups is 1. The lowest BCUT2D eigenvalue weighted by molar-refractivity contribution is -0.137. The molecule has 1 amide bonds. The van der Waals surface area contributed by atoms with E-state index in [4.69, 9.17) is 4.74 Å². The van der Waals surface area contributed by atoms with Crippen LogP contribution < -0.4 is 0 Å². The largest absolute Gasteiger partial charge is 0.372 e. The fourth-order valence-corrected chi connectivity index (χ4v) is 3.43. The summed E-state index contributed by atoms with van der Waals surface area (Å²) in [6.45, 7) is 4.45. The van der Waals surface area contributed by atoms with Crippen molar-refractivity contribution in [3.8, 4) is 0 Å². The zero-order valence-corrected chi connectivity index (χ0v) is 13.1. The molecule has 1 aliphatic heterocycles. The van der Waals surface area contributed by atoms with E-state index in [-0.39, 0.29) is 12.5 Å². The van der Waals surface area contributed by atoms with E-state index in [1.54, 1.807) is 0 Å². The average molecular weight is 297 g/mol. The molecule has 1 aliphatic rings. The number of hydrogen-bond donors (Lipinski definition) is 0. The third-order valence-corrected chi connectivity index (χ3v) is 4.91. The number of aryl methyl sites for hydroxylation is 1. The Labute approximate surface area is 124 Å². The monoisotopic (exact) mass is 297 g/mol. The molecule has 0 aromatic carbocycles. The van der Waals surface area contributed by atoms with Crippen LogP contribution in [0.1, 0.15) is 19.8 Å². The van der Waals surface area contributed by atoms with Gasteiger partial charge in [-0.15, -0.1) is 0 Å². The van der Waals surface area contributed by atoms with Crippen molar-refractivity contribution < 1.29 is 9.53 Å². The van der Waals surface area contributed by atoms with Gasteiger partial charge in [0.15, 0.2) is 5.16 Å². The molecule has 0 radical (unpaired) electrons. The van der Waals surface area contributed by atoms with E-state index >= 15 is 0 Å². The number of amides is 1. The van der Waals surface area contributed by atoms with Crippen LogP contribution in [0.2, 0.25) is 0 Å². The molecule has 20 heavy (non-hydrogen) atoms. The molecule has 0 aliphatic carbocycles. The number of carbonyl (C=O) groups excluding carboxylic acids is 1. The first-order chi connectivity index (χ1) is 9.70. The predicted octanol–water partition coefficient (Wildman–Crippen LogP) is 1.79. The van der Waals surface area contributed by atoms with Crippen LogP contribution in [-0.4, -0.2) is 52.4 Å². The van der Waals surface area contributed by atoms with Crippen LogP contribution in [0.3, 0.4) is 0 Å². The van der Waals surface area contributed by atoms with Gasteiger partial charge in [-0.2, -0.15) is 0 Å². The number of piperidine rings is 1. The van der Waals surface area contributed by atoms with Crippen LogP contribution in [0.25, 0.3) is 0 Å². The Kier molecular flexibility index (Phi) is 5.91. The van der Waals surface area contributed by atoms with Crippen LogP contribution in [0, 0.1) is 5.92 Å². The summed E-state index contributed by atoms with van der Waals surface area (Å²) in [7, 11) is 2.02. The highest BCUT2D eigenvalue weighted by Gasteiger charge is 2.23. The maximum Gasteiger partial charge on any atom is 0.248 e. The van der Waals surface area contributed by atoms with Gasteiger partial charge < -0.3 is 14.2 Å². The molecule has 0 bridgehead atoms. The maximum absolute atomic E-state index is 11.8. The van der Waals surface area contributed by atoms with Crippen LogP contribution in [-0.2, 0) is 16.6 Å². The SMILES string of the molecule is CCOCC(=O)N1CCC(CSc2nccn2C)CC1. The molecule has 1 saturated heterocycles.